The molecule has 1 aliphatic carbocycles. The minimum Gasteiger partial charge on any atom is -0.341 e. The number of ketones is 1. The van der Waals surface area contributed by atoms with Gasteiger partial charge in [-0.15, -0.1) is 6.42 Å². The molecular weight excluding hydrogens is 501 g/mol. The smallest absolute Gasteiger partial charge is 0.341 e. The van der Waals surface area contributed by atoms with E-state index in [0.29, 0.717) is 35.8 Å². The molecule has 3 heterocycles. The van der Waals surface area contributed by atoms with E-state index < -0.39 is 11.7 Å². The number of hydrogen-bond acceptors (Lipinski definition) is 3. The maximum Gasteiger partial charge on any atom is 0.418 e. The number of benzene rings is 1. The third kappa shape index (κ3) is 5.63. The number of Topliss-reactive ketones (excluding diaryl/α,β-unsaturated/α-hetero) is 1. The second-order valence-corrected chi connectivity index (χ2v) is 10.7. The molecule has 8 heteroatoms. The highest BCUT2D eigenvalue weighted by atomic mass is 19.4. The predicted octanol–water partition coefficient (Wildman–Crippen LogP) is 7.15. The Kier molecular flexibility index (Phi) is 7.35. The Bertz CT molecular complexity index is 1550. The van der Waals surface area contributed by atoms with Crippen LogP contribution in [-0.4, -0.2) is 24.7 Å². The van der Waals surface area contributed by atoms with Crippen molar-refractivity contribution in [1.82, 2.24) is 18.9 Å². The van der Waals surface area contributed by atoms with Crippen LogP contribution in [0.3, 0.4) is 0 Å². The molecule has 4 aromatic rings. The molecule has 0 radical (unpaired) electrons. The van der Waals surface area contributed by atoms with Crippen LogP contribution < -0.4 is 0 Å². The summed E-state index contributed by atoms with van der Waals surface area (Å²) in [5.41, 5.74) is 3.29. The minimum absolute atomic E-state index is 0.00790. The van der Waals surface area contributed by atoms with Crippen LogP contribution in [0.5, 0.6) is 0 Å². The van der Waals surface area contributed by atoms with Crippen LogP contribution in [-0.2, 0) is 19.1 Å². The van der Waals surface area contributed by atoms with Crippen molar-refractivity contribution in [3.8, 4) is 23.6 Å². The summed E-state index contributed by atoms with van der Waals surface area (Å²) in [4.78, 5) is 21.9. The largest absolute Gasteiger partial charge is 0.418 e. The van der Waals surface area contributed by atoms with Crippen LogP contribution in [0.1, 0.15) is 71.8 Å². The quantitative estimate of drug-likeness (QED) is 0.188. The van der Waals surface area contributed by atoms with Gasteiger partial charge in [-0.2, -0.15) is 13.2 Å². The molecule has 0 amide bonds. The summed E-state index contributed by atoms with van der Waals surface area (Å²) in [6.45, 7) is 4.25. The van der Waals surface area contributed by atoms with Gasteiger partial charge in [0, 0.05) is 48.8 Å². The molecule has 3 aromatic heterocycles. The number of rotatable bonds is 7. The van der Waals surface area contributed by atoms with Crippen LogP contribution in [0.25, 0.3) is 16.9 Å². The monoisotopic (exact) mass is 532 g/mol. The molecule has 0 N–H and O–H groups in total. The molecule has 0 atom stereocenters. The van der Waals surface area contributed by atoms with Crippen molar-refractivity contribution in [2.24, 2.45) is 11.8 Å². The van der Waals surface area contributed by atoms with Crippen LogP contribution in [0, 0.1) is 31.1 Å². The van der Waals surface area contributed by atoms with E-state index >= 15 is 0 Å². The van der Waals surface area contributed by atoms with E-state index in [2.05, 4.69) is 22.8 Å². The maximum atomic E-state index is 13.8. The van der Waals surface area contributed by atoms with Gasteiger partial charge in [-0.25, -0.2) is 4.98 Å². The van der Waals surface area contributed by atoms with Gasteiger partial charge in [0.1, 0.15) is 0 Å². The number of alkyl halides is 3. The SMILES string of the molecule is C#CCn1cc(-c2cnc3c(Cc4ccc(C(=O)CC5CCC(C)CC5)c(C)c4)nccn23)c(C(F)(F)F)c1. The van der Waals surface area contributed by atoms with Gasteiger partial charge >= 0.3 is 6.18 Å². The van der Waals surface area contributed by atoms with Gasteiger partial charge in [0.15, 0.2) is 11.4 Å². The summed E-state index contributed by atoms with van der Waals surface area (Å²) in [6.07, 6.45) is 13.5. The number of aromatic nitrogens is 4. The Morgan fingerprint density at radius 2 is 1.92 bits per heavy atom. The summed E-state index contributed by atoms with van der Waals surface area (Å²) in [5.74, 6) is 3.78. The van der Waals surface area contributed by atoms with Crippen LogP contribution in [0.2, 0.25) is 0 Å². The molecule has 0 unspecified atom stereocenters. The molecule has 0 aliphatic heterocycles. The summed E-state index contributed by atoms with van der Waals surface area (Å²) in [6, 6.07) is 5.81. The zero-order valence-electron chi connectivity index (χ0n) is 22.1. The van der Waals surface area contributed by atoms with Crippen molar-refractivity contribution in [2.45, 2.75) is 65.1 Å². The van der Waals surface area contributed by atoms with Crippen molar-refractivity contribution < 1.29 is 18.0 Å². The Morgan fingerprint density at radius 3 is 2.62 bits per heavy atom. The standard InChI is InChI=1S/C31H31F3N4O/c1-4-12-37-18-25(26(19-37)31(32,33)34)28-17-36-30-27(35-11-13-38(28)30)15-23-9-10-24(21(3)14-23)29(39)16-22-7-5-20(2)6-8-22/h1,9-11,13-14,17-20,22H,5-8,12,15-16H2,2-3H3. The van der Waals surface area contributed by atoms with Gasteiger partial charge in [-0.1, -0.05) is 43.9 Å². The van der Waals surface area contributed by atoms with E-state index in [1.165, 1.54) is 29.8 Å². The first-order valence-electron chi connectivity index (χ1n) is 13.3. The Balaban J connectivity index is 1.39. The topological polar surface area (TPSA) is 52.2 Å². The molecule has 1 aromatic carbocycles. The van der Waals surface area contributed by atoms with E-state index in [9.17, 15) is 18.0 Å². The zero-order valence-corrected chi connectivity index (χ0v) is 22.1. The third-order valence-corrected chi connectivity index (χ3v) is 7.81. The fraction of sp³-hybridized carbons (Fsp3) is 0.387. The molecule has 202 valence electrons. The van der Waals surface area contributed by atoms with Gasteiger partial charge in [0.25, 0.3) is 0 Å². The summed E-state index contributed by atoms with van der Waals surface area (Å²) in [5, 5.41) is 0. The summed E-state index contributed by atoms with van der Waals surface area (Å²) >= 11 is 0. The second-order valence-electron chi connectivity index (χ2n) is 10.7. The molecule has 5 nitrogen and oxygen atoms in total. The van der Waals surface area contributed by atoms with Gasteiger partial charge in [-0.3, -0.25) is 14.2 Å². The number of terminal acetylenes is 1. The number of imidazole rings is 1. The molecule has 39 heavy (non-hydrogen) atoms. The van der Waals surface area contributed by atoms with Gasteiger partial charge in [0.05, 0.1) is 29.7 Å². The zero-order chi connectivity index (χ0) is 27.7. The fourth-order valence-electron chi connectivity index (χ4n) is 5.68. The first-order chi connectivity index (χ1) is 18.6. The lowest BCUT2D eigenvalue weighted by Gasteiger charge is -2.25. The molecule has 1 aliphatic rings. The number of halogens is 3. The minimum atomic E-state index is -4.54. The number of hydrogen-bond donors (Lipinski definition) is 0. The first kappa shape index (κ1) is 26.7. The summed E-state index contributed by atoms with van der Waals surface area (Å²) in [7, 11) is 0. The number of fused-ring (bicyclic) bond motifs is 1. The number of nitrogens with zero attached hydrogens (tertiary/aromatic N) is 4. The highest BCUT2D eigenvalue weighted by Gasteiger charge is 2.36. The lowest BCUT2D eigenvalue weighted by atomic mass is 9.80. The van der Waals surface area contributed by atoms with Crippen molar-refractivity contribution in [3.05, 3.63) is 77.1 Å². The molecule has 0 saturated heterocycles. The molecule has 1 fully saturated rings. The lowest BCUT2D eigenvalue weighted by molar-refractivity contribution is -0.137. The maximum absolute atomic E-state index is 13.8. The van der Waals surface area contributed by atoms with E-state index in [4.69, 9.17) is 6.42 Å². The van der Waals surface area contributed by atoms with E-state index in [1.807, 2.05) is 25.1 Å². The van der Waals surface area contributed by atoms with Crippen LogP contribution >= 0.6 is 0 Å². The van der Waals surface area contributed by atoms with Gasteiger partial charge in [0.2, 0.25) is 0 Å². The average Bonchev–Trinajstić information content (AvgIpc) is 3.50. The number of carbonyl (C=O) groups excluding carboxylic acids is 1. The van der Waals surface area contributed by atoms with Crippen molar-refractivity contribution in [2.75, 3.05) is 0 Å². The molecule has 0 bridgehead atoms. The van der Waals surface area contributed by atoms with Gasteiger partial charge in [-0.05, 0) is 42.7 Å². The molecular formula is C31H31F3N4O. The molecule has 5 rings (SSSR count). The Hall–Kier alpha value is -3.86. The number of carbonyl (C=O) groups is 1. The van der Waals surface area contributed by atoms with Crippen LogP contribution in [0.4, 0.5) is 13.2 Å². The van der Waals surface area contributed by atoms with Crippen molar-refractivity contribution in [1.29, 1.82) is 0 Å². The fourth-order valence-corrected chi connectivity index (χ4v) is 5.68. The predicted molar refractivity (Wildman–Crippen MR) is 144 cm³/mol. The lowest BCUT2D eigenvalue weighted by Crippen LogP contribution is -2.16. The molecule has 1 saturated carbocycles. The third-order valence-electron chi connectivity index (χ3n) is 7.81. The number of aryl methyl sites for hydroxylation is 1. The van der Waals surface area contributed by atoms with Crippen molar-refractivity contribution in [3.63, 3.8) is 0 Å². The van der Waals surface area contributed by atoms with E-state index in [0.717, 1.165) is 41.6 Å². The van der Waals surface area contributed by atoms with Crippen LogP contribution in [0.15, 0.2) is 49.2 Å². The van der Waals surface area contributed by atoms with Gasteiger partial charge < -0.3 is 4.57 Å². The van der Waals surface area contributed by atoms with E-state index in [1.54, 1.807) is 16.8 Å². The second kappa shape index (κ2) is 10.7. The average molecular weight is 533 g/mol. The van der Waals surface area contributed by atoms with Crippen molar-refractivity contribution >= 4 is 11.4 Å². The highest BCUT2D eigenvalue weighted by molar-refractivity contribution is 5.97. The highest BCUT2D eigenvalue weighted by Crippen LogP contribution is 2.38. The molecule has 0 spiro atoms. The Morgan fingerprint density at radius 1 is 1.15 bits per heavy atom. The first-order valence-corrected chi connectivity index (χ1v) is 13.3. The van der Waals surface area contributed by atoms with E-state index in [-0.39, 0.29) is 17.9 Å². The summed E-state index contributed by atoms with van der Waals surface area (Å²) < 4.78 is 44.4. The normalized spacial score (nSPS) is 17.8. The Labute approximate surface area is 226 Å².